The molecule has 112 valence electrons. The van der Waals surface area contributed by atoms with E-state index in [4.69, 9.17) is 5.73 Å². The number of hydrogen-bond acceptors (Lipinski definition) is 2. The Bertz CT molecular complexity index is 293. The zero-order valence-electron chi connectivity index (χ0n) is 13.7. The normalized spacial score (nSPS) is 37.3. The minimum atomic E-state index is 0.403. The van der Waals surface area contributed by atoms with Crippen molar-refractivity contribution in [2.24, 2.45) is 22.5 Å². The van der Waals surface area contributed by atoms with Gasteiger partial charge in [-0.25, -0.2) is 0 Å². The zero-order chi connectivity index (χ0) is 14.3. The van der Waals surface area contributed by atoms with Gasteiger partial charge in [-0.1, -0.05) is 34.6 Å². The van der Waals surface area contributed by atoms with Gasteiger partial charge in [-0.15, -0.1) is 0 Å². The van der Waals surface area contributed by atoms with Crippen LogP contribution in [0.15, 0.2) is 0 Å². The first-order valence-electron chi connectivity index (χ1n) is 8.19. The molecule has 0 aromatic rings. The van der Waals surface area contributed by atoms with E-state index in [1.807, 2.05) is 0 Å². The Balaban J connectivity index is 1.98. The Kier molecular flexibility index (Phi) is 4.32. The molecule has 0 amide bonds. The van der Waals surface area contributed by atoms with Gasteiger partial charge >= 0.3 is 0 Å². The van der Waals surface area contributed by atoms with Crippen molar-refractivity contribution in [2.45, 2.75) is 78.8 Å². The smallest absolute Gasteiger partial charge is 0.0250 e. The summed E-state index contributed by atoms with van der Waals surface area (Å²) in [6.45, 7) is 14.5. The zero-order valence-corrected chi connectivity index (χ0v) is 13.7. The molecule has 2 N–H and O–H groups in total. The molecule has 3 atom stereocenters. The third-order valence-electron chi connectivity index (χ3n) is 5.71. The molecule has 0 aromatic heterocycles. The number of nitrogens with zero attached hydrogens (tertiary/aromatic N) is 1. The largest absolute Gasteiger partial charge is 0.326 e. The molecule has 1 aliphatic heterocycles. The van der Waals surface area contributed by atoms with Gasteiger partial charge in [0.15, 0.2) is 0 Å². The highest BCUT2D eigenvalue weighted by atomic mass is 15.2. The highest BCUT2D eigenvalue weighted by Gasteiger charge is 2.38. The SMILES string of the molecule is CC1(C)CCN(C2CC(C(C)(C)C)CCC2N)CC1. The third kappa shape index (κ3) is 3.72. The van der Waals surface area contributed by atoms with Gasteiger partial charge in [0.1, 0.15) is 0 Å². The topological polar surface area (TPSA) is 29.3 Å². The van der Waals surface area contributed by atoms with E-state index in [1.165, 1.54) is 45.2 Å². The van der Waals surface area contributed by atoms with Crippen LogP contribution in [0.5, 0.6) is 0 Å². The lowest BCUT2D eigenvalue weighted by Crippen LogP contribution is -2.55. The van der Waals surface area contributed by atoms with E-state index in [0.717, 1.165) is 5.92 Å². The minimum Gasteiger partial charge on any atom is -0.326 e. The van der Waals surface area contributed by atoms with E-state index < -0.39 is 0 Å². The summed E-state index contributed by atoms with van der Waals surface area (Å²) >= 11 is 0. The molecule has 1 heterocycles. The summed E-state index contributed by atoms with van der Waals surface area (Å²) in [5, 5.41) is 0. The first-order valence-corrected chi connectivity index (χ1v) is 8.19. The Morgan fingerprint density at radius 1 is 1.05 bits per heavy atom. The van der Waals surface area contributed by atoms with Crippen molar-refractivity contribution >= 4 is 0 Å². The molecule has 0 spiro atoms. The Labute approximate surface area is 120 Å². The average molecular weight is 266 g/mol. The highest BCUT2D eigenvalue weighted by molar-refractivity contribution is 4.94. The van der Waals surface area contributed by atoms with Crippen LogP contribution < -0.4 is 5.73 Å². The minimum absolute atomic E-state index is 0.403. The molecule has 2 heteroatoms. The van der Waals surface area contributed by atoms with Gasteiger partial charge in [-0.05, 0) is 61.9 Å². The van der Waals surface area contributed by atoms with E-state index >= 15 is 0 Å². The summed E-state index contributed by atoms with van der Waals surface area (Å²) in [6.07, 6.45) is 6.50. The Hall–Kier alpha value is -0.0800. The molecule has 1 saturated carbocycles. The van der Waals surface area contributed by atoms with Crippen LogP contribution >= 0.6 is 0 Å². The number of rotatable bonds is 1. The Morgan fingerprint density at radius 2 is 1.63 bits per heavy atom. The lowest BCUT2D eigenvalue weighted by atomic mass is 9.69. The number of hydrogen-bond donors (Lipinski definition) is 1. The number of nitrogens with two attached hydrogens (primary N) is 1. The molecule has 0 bridgehead atoms. The predicted octanol–water partition coefficient (Wildman–Crippen LogP) is 3.65. The fraction of sp³-hybridized carbons (Fsp3) is 1.00. The Morgan fingerprint density at radius 3 is 2.16 bits per heavy atom. The van der Waals surface area contributed by atoms with Crippen LogP contribution in [-0.2, 0) is 0 Å². The fourth-order valence-corrected chi connectivity index (χ4v) is 3.84. The van der Waals surface area contributed by atoms with Gasteiger partial charge in [0, 0.05) is 12.1 Å². The summed E-state index contributed by atoms with van der Waals surface area (Å²) in [7, 11) is 0. The fourth-order valence-electron chi connectivity index (χ4n) is 3.84. The van der Waals surface area contributed by atoms with E-state index in [2.05, 4.69) is 39.5 Å². The van der Waals surface area contributed by atoms with Gasteiger partial charge < -0.3 is 5.73 Å². The van der Waals surface area contributed by atoms with Crippen molar-refractivity contribution in [3.05, 3.63) is 0 Å². The molecule has 1 saturated heterocycles. The van der Waals surface area contributed by atoms with Gasteiger partial charge in [0.05, 0.1) is 0 Å². The molecule has 19 heavy (non-hydrogen) atoms. The molecule has 1 aliphatic carbocycles. The van der Waals surface area contributed by atoms with Crippen molar-refractivity contribution in [3.8, 4) is 0 Å². The molecule has 2 aliphatic rings. The average Bonchev–Trinajstić information content (AvgIpc) is 2.29. The second-order valence-corrected chi connectivity index (χ2v) is 8.81. The quantitative estimate of drug-likeness (QED) is 0.785. The highest BCUT2D eigenvalue weighted by Crippen LogP contribution is 2.40. The summed E-state index contributed by atoms with van der Waals surface area (Å²) in [5.74, 6) is 0.840. The molecule has 2 nitrogen and oxygen atoms in total. The maximum absolute atomic E-state index is 6.44. The van der Waals surface area contributed by atoms with Crippen molar-refractivity contribution in [1.29, 1.82) is 0 Å². The van der Waals surface area contributed by atoms with Crippen LogP contribution in [0.4, 0.5) is 0 Å². The summed E-state index contributed by atoms with van der Waals surface area (Å²) in [6, 6.07) is 1.04. The molecule has 0 aromatic carbocycles. The lowest BCUT2D eigenvalue weighted by Gasteiger charge is -2.48. The summed E-state index contributed by atoms with van der Waals surface area (Å²) in [5.41, 5.74) is 7.42. The van der Waals surface area contributed by atoms with E-state index in [0.29, 0.717) is 22.9 Å². The standard InChI is InChI=1S/C17H34N2/c1-16(2,3)13-6-7-14(18)15(12-13)19-10-8-17(4,5)9-11-19/h13-15H,6-12,18H2,1-5H3. The van der Waals surface area contributed by atoms with Gasteiger partial charge in [-0.2, -0.15) is 0 Å². The number of piperidine rings is 1. The monoisotopic (exact) mass is 266 g/mol. The molecule has 0 radical (unpaired) electrons. The summed E-state index contributed by atoms with van der Waals surface area (Å²) < 4.78 is 0. The van der Waals surface area contributed by atoms with E-state index in [9.17, 15) is 0 Å². The van der Waals surface area contributed by atoms with Crippen LogP contribution in [0.25, 0.3) is 0 Å². The molecule has 2 fully saturated rings. The third-order valence-corrected chi connectivity index (χ3v) is 5.71. The van der Waals surface area contributed by atoms with Crippen LogP contribution in [0.3, 0.4) is 0 Å². The maximum atomic E-state index is 6.44. The van der Waals surface area contributed by atoms with Gasteiger partial charge in [-0.3, -0.25) is 4.90 Å². The number of likely N-dealkylation sites (tertiary alicyclic amines) is 1. The van der Waals surface area contributed by atoms with Gasteiger partial charge in [0.25, 0.3) is 0 Å². The van der Waals surface area contributed by atoms with Crippen molar-refractivity contribution < 1.29 is 0 Å². The van der Waals surface area contributed by atoms with Crippen LogP contribution in [0.1, 0.15) is 66.7 Å². The van der Waals surface area contributed by atoms with E-state index in [-0.39, 0.29) is 0 Å². The van der Waals surface area contributed by atoms with Crippen LogP contribution in [-0.4, -0.2) is 30.1 Å². The molecule has 2 rings (SSSR count). The first-order chi connectivity index (χ1) is 8.69. The van der Waals surface area contributed by atoms with E-state index in [1.54, 1.807) is 0 Å². The van der Waals surface area contributed by atoms with Crippen molar-refractivity contribution in [1.82, 2.24) is 4.90 Å². The second-order valence-electron chi connectivity index (χ2n) is 8.81. The maximum Gasteiger partial charge on any atom is 0.0250 e. The predicted molar refractivity (Wildman–Crippen MR) is 83.1 cm³/mol. The van der Waals surface area contributed by atoms with Crippen LogP contribution in [0.2, 0.25) is 0 Å². The molecular weight excluding hydrogens is 232 g/mol. The molecule has 3 unspecified atom stereocenters. The molecular formula is C17H34N2. The van der Waals surface area contributed by atoms with Crippen molar-refractivity contribution in [2.75, 3.05) is 13.1 Å². The van der Waals surface area contributed by atoms with Crippen molar-refractivity contribution in [3.63, 3.8) is 0 Å². The lowest BCUT2D eigenvalue weighted by molar-refractivity contribution is 0.0321. The summed E-state index contributed by atoms with van der Waals surface area (Å²) in [4.78, 5) is 2.70. The van der Waals surface area contributed by atoms with Gasteiger partial charge in [0.2, 0.25) is 0 Å². The van der Waals surface area contributed by atoms with Crippen LogP contribution in [0, 0.1) is 16.7 Å². The second kappa shape index (κ2) is 5.37. The first kappa shape index (κ1) is 15.3.